The Labute approximate surface area is 85.8 Å². The molecule has 0 atom stereocenters. The molecule has 0 aliphatic carbocycles. The fourth-order valence-electron chi connectivity index (χ4n) is 0.281. The first-order valence-corrected chi connectivity index (χ1v) is 4.13. The first kappa shape index (κ1) is 12.1. The third kappa shape index (κ3) is 5.68. The molecule has 0 heterocycles. The van der Waals surface area contributed by atoms with Gasteiger partial charge in [0.25, 0.3) is 9.58 Å². The predicted octanol–water partition coefficient (Wildman–Crippen LogP) is 1.70. The number of hydrogen-bond donors (Lipinski definition) is 1. The first-order valence-electron chi connectivity index (χ1n) is 2.99. The lowest BCUT2D eigenvalue weighted by molar-refractivity contribution is -0.113. The van der Waals surface area contributed by atoms with E-state index >= 15 is 0 Å². The maximum absolute atomic E-state index is 10.8. The summed E-state index contributed by atoms with van der Waals surface area (Å²) >= 11 is 15.6. The van der Waals surface area contributed by atoms with Crippen molar-refractivity contribution in [2.75, 3.05) is 0 Å². The molecule has 0 saturated carbocycles. The molecule has 1 N–H and O–H groups in total. The molecule has 0 aliphatic rings. The second-order valence-electron chi connectivity index (χ2n) is 2.64. The highest BCUT2D eigenvalue weighted by atomic mass is 35.6. The number of alkyl halides is 3. The zero-order valence-electron chi connectivity index (χ0n) is 6.49. The Bertz CT molecular complexity index is 236. The van der Waals surface area contributed by atoms with Gasteiger partial charge in [0.1, 0.15) is 5.60 Å². The van der Waals surface area contributed by atoms with Crippen LogP contribution in [0.5, 0.6) is 0 Å². The topological polar surface area (TPSA) is 37.3 Å². The number of aliphatic hydroxyl groups is 1. The highest BCUT2D eigenvalue weighted by molar-refractivity contribution is 6.77. The van der Waals surface area contributed by atoms with Gasteiger partial charge in [0.2, 0.25) is 0 Å². The lowest BCUT2D eigenvalue weighted by atomic mass is 10.1. The number of carbonyl (C=O) groups is 1. The van der Waals surface area contributed by atoms with Crippen molar-refractivity contribution in [3.05, 3.63) is 0 Å². The van der Waals surface area contributed by atoms with Crippen molar-refractivity contribution in [3.8, 4) is 11.8 Å². The van der Waals surface area contributed by atoms with Crippen molar-refractivity contribution in [1.82, 2.24) is 0 Å². The summed E-state index contributed by atoms with van der Waals surface area (Å²) in [7, 11) is 0. The van der Waals surface area contributed by atoms with Gasteiger partial charge in [-0.2, -0.15) is 0 Å². The molecule has 0 fully saturated rings. The normalized spacial score (nSPS) is 11.8. The van der Waals surface area contributed by atoms with Crippen LogP contribution in [0.4, 0.5) is 0 Å². The lowest BCUT2D eigenvalue weighted by Crippen LogP contribution is -2.19. The number of rotatable bonds is 0. The van der Waals surface area contributed by atoms with Crippen LogP contribution in [0.15, 0.2) is 0 Å². The minimum atomic E-state index is -2.03. The molecular formula is C7H7Cl3O2. The van der Waals surface area contributed by atoms with E-state index in [9.17, 15) is 4.79 Å². The molecule has 0 spiro atoms. The van der Waals surface area contributed by atoms with E-state index < -0.39 is 15.2 Å². The number of carbonyl (C=O) groups excluding carboxylic acids is 1. The standard InChI is InChI=1S/C7H7Cl3O2/c1-6(2,12)4-3-5(11)7(8,9)10/h12H,1-2H3. The highest BCUT2D eigenvalue weighted by Crippen LogP contribution is 2.26. The minimum absolute atomic E-state index is 0.852. The van der Waals surface area contributed by atoms with Gasteiger partial charge in [-0.25, -0.2) is 0 Å². The zero-order valence-corrected chi connectivity index (χ0v) is 8.76. The lowest BCUT2D eigenvalue weighted by Gasteiger charge is -2.07. The molecule has 12 heavy (non-hydrogen) atoms. The van der Waals surface area contributed by atoms with E-state index in [2.05, 4.69) is 5.92 Å². The van der Waals surface area contributed by atoms with Gasteiger partial charge in [0.05, 0.1) is 0 Å². The SMILES string of the molecule is CC(C)(O)C#CC(=O)C(Cl)(Cl)Cl. The Balaban J connectivity index is 4.46. The Kier molecular flexibility index (Phi) is 3.87. The molecule has 0 aliphatic heterocycles. The van der Waals surface area contributed by atoms with Gasteiger partial charge in [0, 0.05) is 0 Å². The summed E-state index contributed by atoms with van der Waals surface area (Å²) in [6.45, 7) is 2.84. The van der Waals surface area contributed by atoms with Crippen LogP contribution < -0.4 is 0 Å². The third-order valence-electron chi connectivity index (χ3n) is 0.739. The average Bonchev–Trinajstić information content (AvgIpc) is 1.78. The van der Waals surface area contributed by atoms with Crippen molar-refractivity contribution < 1.29 is 9.90 Å². The minimum Gasteiger partial charge on any atom is -0.378 e. The van der Waals surface area contributed by atoms with Crippen LogP contribution in [-0.2, 0) is 4.79 Å². The van der Waals surface area contributed by atoms with Crippen LogP contribution >= 0.6 is 34.8 Å². The van der Waals surface area contributed by atoms with Gasteiger partial charge in [0.15, 0.2) is 0 Å². The summed E-state index contributed by atoms with van der Waals surface area (Å²) in [5.74, 6) is 3.41. The highest BCUT2D eigenvalue weighted by Gasteiger charge is 2.29. The maximum Gasteiger partial charge on any atom is 0.261 e. The summed E-state index contributed by atoms with van der Waals surface area (Å²) in [5.41, 5.74) is -1.26. The summed E-state index contributed by atoms with van der Waals surface area (Å²) in [6.07, 6.45) is 0. The van der Waals surface area contributed by atoms with Crippen LogP contribution in [0.2, 0.25) is 0 Å². The van der Waals surface area contributed by atoms with E-state index in [1.165, 1.54) is 13.8 Å². The summed E-state index contributed by atoms with van der Waals surface area (Å²) in [4.78, 5) is 10.8. The molecule has 5 heteroatoms. The van der Waals surface area contributed by atoms with E-state index in [4.69, 9.17) is 39.9 Å². The predicted molar refractivity (Wildman–Crippen MR) is 49.4 cm³/mol. The van der Waals surface area contributed by atoms with Crippen LogP contribution in [0.3, 0.4) is 0 Å². The number of Topliss-reactive ketones (excluding diaryl/α,β-unsaturated/α-hetero) is 1. The van der Waals surface area contributed by atoms with E-state index in [0.717, 1.165) is 0 Å². The molecule has 0 rings (SSSR count). The second-order valence-corrected chi connectivity index (χ2v) is 4.92. The van der Waals surface area contributed by atoms with E-state index in [-0.39, 0.29) is 0 Å². The molecular weight excluding hydrogens is 222 g/mol. The van der Waals surface area contributed by atoms with Crippen LogP contribution in [0.1, 0.15) is 13.8 Å². The Hall–Kier alpha value is 0.0600. The number of ketones is 1. The smallest absolute Gasteiger partial charge is 0.261 e. The first-order chi connectivity index (χ1) is 5.13. The number of halogens is 3. The quantitative estimate of drug-likeness (QED) is 0.390. The Morgan fingerprint density at radius 3 is 2.00 bits per heavy atom. The summed E-state index contributed by atoms with van der Waals surface area (Å²) in [6, 6.07) is 0. The van der Waals surface area contributed by atoms with Crippen LogP contribution in [0, 0.1) is 11.8 Å². The van der Waals surface area contributed by atoms with E-state index in [1.54, 1.807) is 0 Å². The molecule has 68 valence electrons. The average molecular weight is 229 g/mol. The third-order valence-corrected chi connectivity index (χ3v) is 1.25. The molecule has 0 aromatic carbocycles. The number of hydrogen-bond acceptors (Lipinski definition) is 2. The van der Waals surface area contributed by atoms with Gasteiger partial charge < -0.3 is 5.11 Å². The van der Waals surface area contributed by atoms with Crippen molar-refractivity contribution in [2.24, 2.45) is 0 Å². The molecule has 0 amide bonds. The largest absolute Gasteiger partial charge is 0.378 e. The fraction of sp³-hybridized carbons (Fsp3) is 0.571. The Morgan fingerprint density at radius 2 is 1.75 bits per heavy atom. The van der Waals surface area contributed by atoms with Crippen molar-refractivity contribution in [2.45, 2.75) is 23.2 Å². The van der Waals surface area contributed by atoms with E-state index in [1.807, 2.05) is 5.92 Å². The molecule has 2 nitrogen and oxygen atoms in total. The fourth-order valence-corrected chi connectivity index (χ4v) is 0.422. The Morgan fingerprint density at radius 1 is 1.33 bits per heavy atom. The molecule has 0 aromatic rings. The van der Waals surface area contributed by atoms with Crippen molar-refractivity contribution in [1.29, 1.82) is 0 Å². The second kappa shape index (κ2) is 3.85. The van der Waals surface area contributed by atoms with Crippen molar-refractivity contribution >= 4 is 40.6 Å². The monoisotopic (exact) mass is 228 g/mol. The molecule has 0 bridgehead atoms. The van der Waals surface area contributed by atoms with Gasteiger partial charge in [-0.15, -0.1) is 0 Å². The van der Waals surface area contributed by atoms with Crippen LogP contribution in [-0.4, -0.2) is 20.3 Å². The van der Waals surface area contributed by atoms with Gasteiger partial charge in [-0.3, -0.25) is 4.79 Å². The molecule has 0 radical (unpaired) electrons. The van der Waals surface area contributed by atoms with Gasteiger partial charge in [-0.05, 0) is 19.8 Å². The summed E-state index contributed by atoms with van der Waals surface area (Å²) in [5, 5.41) is 9.08. The zero-order chi connectivity index (χ0) is 9.99. The molecule has 0 aromatic heterocycles. The summed E-state index contributed by atoms with van der Waals surface area (Å²) < 4.78 is -2.03. The molecule has 0 saturated heterocycles. The van der Waals surface area contributed by atoms with Gasteiger partial charge >= 0.3 is 0 Å². The maximum atomic E-state index is 10.8. The van der Waals surface area contributed by atoms with Gasteiger partial charge in [-0.1, -0.05) is 40.7 Å². The van der Waals surface area contributed by atoms with Crippen molar-refractivity contribution in [3.63, 3.8) is 0 Å². The van der Waals surface area contributed by atoms with Crippen LogP contribution in [0.25, 0.3) is 0 Å². The van der Waals surface area contributed by atoms with E-state index in [0.29, 0.717) is 0 Å². The molecule has 0 unspecified atom stereocenters.